The highest BCUT2D eigenvalue weighted by atomic mass is 35.5. The molecule has 0 saturated carbocycles. The lowest BCUT2D eigenvalue weighted by Gasteiger charge is -2.20. The average molecular weight is 464 g/mol. The fraction of sp³-hybridized carbons (Fsp3) is 0.333. The highest BCUT2D eigenvalue weighted by Crippen LogP contribution is 2.33. The SMILES string of the molecule is CCOc1cc(C(CS(C)(=O)=O)n2c(=O)n(CC#N)c3cc(Cl)ccc32)ccc1OC. The van der Waals surface area contributed by atoms with Gasteiger partial charge in [0.15, 0.2) is 11.5 Å². The van der Waals surface area contributed by atoms with Gasteiger partial charge in [0.25, 0.3) is 0 Å². The van der Waals surface area contributed by atoms with Crippen molar-refractivity contribution in [2.75, 3.05) is 25.7 Å². The number of methoxy groups -OCH3 is 1. The van der Waals surface area contributed by atoms with Gasteiger partial charge in [-0.2, -0.15) is 5.26 Å². The van der Waals surface area contributed by atoms with Gasteiger partial charge in [-0.3, -0.25) is 9.13 Å². The van der Waals surface area contributed by atoms with Crippen LogP contribution in [0.1, 0.15) is 18.5 Å². The lowest BCUT2D eigenvalue weighted by molar-refractivity contribution is 0.310. The molecule has 1 heterocycles. The summed E-state index contributed by atoms with van der Waals surface area (Å²) in [6, 6.07) is 11.0. The zero-order valence-corrected chi connectivity index (χ0v) is 18.9. The van der Waals surface area contributed by atoms with Crippen molar-refractivity contribution in [3.63, 3.8) is 0 Å². The molecule has 0 aliphatic rings. The van der Waals surface area contributed by atoms with E-state index in [1.807, 2.05) is 13.0 Å². The molecule has 1 unspecified atom stereocenters. The molecule has 3 aromatic rings. The first-order valence-electron chi connectivity index (χ1n) is 9.45. The summed E-state index contributed by atoms with van der Waals surface area (Å²) < 4.78 is 38.2. The van der Waals surface area contributed by atoms with Gasteiger partial charge in [0, 0.05) is 11.3 Å². The van der Waals surface area contributed by atoms with Crippen LogP contribution in [0.3, 0.4) is 0 Å². The minimum atomic E-state index is -3.49. The van der Waals surface area contributed by atoms with Crippen molar-refractivity contribution in [1.29, 1.82) is 5.26 Å². The van der Waals surface area contributed by atoms with Crippen molar-refractivity contribution in [1.82, 2.24) is 9.13 Å². The van der Waals surface area contributed by atoms with E-state index >= 15 is 0 Å². The van der Waals surface area contributed by atoms with Crippen LogP contribution in [0.4, 0.5) is 0 Å². The summed E-state index contributed by atoms with van der Waals surface area (Å²) in [5, 5.41) is 9.60. The summed E-state index contributed by atoms with van der Waals surface area (Å²) in [6.45, 7) is 2.02. The van der Waals surface area contributed by atoms with Gasteiger partial charge >= 0.3 is 5.69 Å². The molecule has 0 amide bonds. The Balaban J connectivity index is 2.32. The summed E-state index contributed by atoms with van der Waals surface area (Å²) in [5.41, 5.74) is 0.993. The molecule has 0 radical (unpaired) electrons. The van der Waals surface area contributed by atoms with Gasteiger partial charge in [0.1, 0.15) is 16.4 Å². The number of halogens is 1. The van der Waals surface area contributed by atoms with Crippen molar-refractivity contribution in [3.8, 4) is 17.6 Å². The van der Waals surface area contributed by atoms with Gasteiger partial charge in [-0.25, -0.2) is 13.2 Å². The number of nitrogens with zero attached hydrogens (tertiary/aromatic N) is 3. The zero-order valence-electron chi connectivity index (χ0n) is 17.3. The second kappa shape index (κ2) is 9.04. The largest absolute Gasteiger partial charge is 0.493 e. The van der Waals surface area contributed by atoms with E-state index in [0.29, 0.717) is 39.7 Å². The topological polar surface area (TPSA) is 103 Å². The number of aromatic nitrogens is 2. The van der Waals surface area contributed by atoms with E-state index in [1.54, 1.807) is 36.4 Å². The number of benzene rings is 2. The molecule has 31 heavy (non-hydrogen) atoms. The molecular formula is C21H22ClN3O5S. The highest BCUT2D eigenvalue weighted by Gasteiger charge is 2.26. The smallest absolute Gasteiger partial charge is 0.330 e. The molecule has 0 saturated heterocycles. The summed E-state index contributed by atoms with van der Waals surface area (Å²) >= 11 is 6.11. The molecule has 0 spiro atoms. The van der Waals surface area contributed by atoms with Crippen LogP contribution < -0.4 is 15.2 Å². The maximum Gasteiger partial charge on any atom is 0.330 e. The van der Waals surface area contributed by atoms with E-state index in [0.717, 1.165) is 6.26 Å². The van der Waals surface area contributed by atoms with Gasteiger partial charge in [-0.15, -0.1) is 0 Å². The average Bonchev–Trinajstić information content (AvgIpc) is 2.97. The third kappa shape index (κ3) is 4.70. The molecule has 0 N–H and O–H groups in total. The fourth-order valence-electron chi connectivity index (χ4n) is 3.55. The van der Waals surface area contributed by atoms with Crippen LogP contribution in [0.25, 0.3) is 11.0 Å². The number of ether oxygens (including phenoxy) is 2. The number of sulfone groups is 1. The molecule has 1 aromatic heterocycles. The molecule has 8 nitrogen and oxygen atoms in total. The first kappa shape index (κ1) is 22.7. The minimum absolute atomic E-state index is 0.193. The standard InChI is InChI=1S/C21H22ClN3O5S/c1-4-30-20-11-14(5-8-19(20)29-2)18(13-31(3,27)28)25-16-7-6-15(22)12-17(16)24(10-9-23)21(25)26/h5-8,11-12,18H,4,10,13H2,1-3H3. The van der Waals surface area contributed by atoms with E-state index in [4.69, 9.17) is 21.1 Å². The van der Waals surface area contributed by atoms with Crippen molar-refractivity contribution >= 4 is 32.5 Å². The zero-order chi connectivity index (χ0) is 22.8. The number of rotatable bonds is 8. The Morgan fingerprint density at radius 1 is 1.16 bits per heavy atom. The van der Waals surface area contributed by atoms with Crippen LogP contribution in [0.15, 0.2) is 41.2 Å². The minimum Gasteiger partial charge on any atom is -0.493 e. The van der Waals surface area contributed by atoms with Crippen LogP contribution >= 0.6 is 11.6 Å². The molecular weight excluding hydrogens is 442 g/mol. The quantitative estimate of drug-likeness (QED) is 0.508. The fourth-order valence-corrected chi connectivity index (χ4v) is 4.63. The molecule has 1 atom stereocenters. The molecule has 0 aliphatic heterocycles. The van der Waals surface area contributed by atoms with E-state index in [1.165, 1.54) is 16.2 Å². The summed E-state index contributed by atoms with van der Waals surface area (Å²) in [7, 11) is -1.98. The number of fused-ring (bicyclic) bond motifs is 1. The molecule has 0 fully saturated rings. The van der Waals surface area contributed by atoms with Gasteiger partial charge in [-0.05, 0) is 42.8 Å². The Morgan fingerprint density at radius 2 is 1.90 bits per heavy atom. The molecule has 164 valence electrons. The Labute approximate surface area is 185 Å². The third-order valence-electron chi connectivity index (χ3n) is 4.80. The predicted octanol–water partition coefficient (Wildman–Crippen LogP) is 3.02. The van der Waals surface area contributed by atoms with Crippen molar-refractivity contribution in [2.45, 2.75) is 19.5 Å². The highest BCUT2D eigenvalue weighted by molar-refractivity contribution is 7.90. The van der Waals surface area contributed by atoms with Gasteiger partial charge in [0.05, 0.1) is 42.6 Å². The lowest BCUT2D eigenvalue weighted by atomic mass is 10.1. The lowest BCUT2D eigenvalue weighted by Crippen LogP contribution is -2.31. The Hall–Kier alpha value is -2.96. The Morgan fingerprint density at radius 3 is 2.52 bits per heavy atom. The van der Waals surface area contributed by atoms with Crippen molar-refractivity contribution < 1.29 is 17.9 Å². The predicted molar refractivity (Wildman–Crippen MR) is 119 cm³/mol. The van der Waals surface area contributed by atoms with Crippen LogP contribution in [-0.2, 0) is 16.4 Å². The van der Waals surface area contributed by atoms with E-state index in [-0.39, 0.29) is 12.3 Å². The van der Waals surface area contributed by atoms with E-state index in [2.05, 4.69) is 0 Å². The van der Waals surface area contributed by atoms with Crippen molar-refractivity contribution in [3.05, 3.63) is 57.5 Å². The van der Waals surface area contributed by atoms with E-state index in [9.17, 15) is 18.5 Å². The van der Waals surface area contributed by atoms with Crippen LogP contribution in [-0.4, -0.2) is 43.3 Å². The van der Waals surface area contributed by atoms with Gasteiger partial charge < -0.3 is 9.47 Å². The Bertz CT molecular complexity index is 1320. The second-order valence-electron chi connectivity index (χ2n) is 6.98. The monoisotopic (exact) mass is 463 g/mol. The maximum absolute atomic E-state index is 13.3. The normalized spacial score (nSPS) is 12.5. The first-order chi connectivity index (χ1) is 14.7. The molecule has 3 rings (SSSR count). The van der Waals surface area contributed by atoms with Crippen LogP contribution in [0, 0.1) is 11.3 Å². The third-order valence-corrected chi connectivity index (χ3v) is 5.95. The molecule has 0 bridgehead atoms. The van der Waals surface area contributed by atoms with E-state index < -0.39 is 21.6 Å². The molecule has 0 aliphatic carbocycles. The first-order valence-corrected chi connectivity index (χ1v) is 11.9. The summed E-state index contributed by atoms with van der Waals surface area (Å²) in [6.07, 6.45) is 1.11. The van der Waals surface area contributed by atoms with Gasteiger partial charge in [-0.1, -0.05) is 17.7 Å². The van der Waals surface area contributed by atoms with Crippen molar-refractivity contribution in [2.24, 2.45) is 0 Å². The van der Waals surface area contributed by atoms with Gasteiger partial charge in [0.2, 0.25) is 0 Å². The number of imidazole rings is 1. The summed E-state index contributed by atoms with van der Waals surface area (Å²) in [5.74, 6) is 0.617. The summed E-state index contributed by atoms with van der Waals surface area (Å²) in [4.78, 5) is 13.3. The molecule has 2 aromatic carbocycles. The van der Waals surface area contributed by atoms with Crippen LogP contribution in [0.2, 0.25) is 5.02 Å². The number of hydrogen-bond acceptors (Lipinski definition) is 6. The maximum atomic E-state index is 13.3. The van der Waals surface area contributed by atoms with Crippen LogP contribution in [0.5, 0.6) is 11.5 Å². The second-order valence-corrected chi connectivity index (χ2v) is 9.60. The number of nitriles is 1. The number of hydrogen-bond donors (Lipinski definition) is 0. The Kier molecular flexibility index (Phi) is 6.62. The molecule has 10 heteroatoms.